The van der Waals surface area contributed by atoms with Gasteiger partial charge in [0.25, 0.3) is 0 Å². The molecular weight excluding hydrogens is 520 g/mol. The Morgan fingerprint density at radius 1 is 0.976 bits per heavy atom. The fourth-order valence-electron chi connectivity index (χ4n) is 5.05. The molecule has 1 saturated heterocycles. The van der Waals surface area contributed by atoms with Gasteiger partial charge in [-0.1, -0.05) is 37.5 Å². The molecule has 208 valence electrons. The molecule has 0 atom stereocenters. The van der Waals surface area contributed by atoms with Crippen molar-refractivity contribution in [2.45, 2.75) is 26.8 Å². The fraction of sp³-hybridized carbons (Fsp3) is 0.242. The summed E-state index contributed by atoms with van der Waals surface area (Å²) in [5.41, 5.74) is 4.24. The monoisotopic (exact) mass is 551 g/mol. The Morgan fingerprint density at radius 2 is 1.76 bits per heavy atom. The van der Waals surface area contributed by atoms with Gasteiger partial charge < -0.3 is 10.1 Å². The van der Waals surface area contributed by atoms with Gasteiger partial charge in [-0.05, 0) is 62.3 Å². The topological polar surface area (TPSA) is 62.6 Å². The van der Waals surface area contributed by atoms with Gasteiger partial charge in [-0.3, -0.25) is 9.89 Å². The molecule has 0 amide bonds. The van der Waals surface area contributed by atoms with Crippen molar-refractivity contribution in [1.82, 2.24) is 14.9 Å². The maximum Gasteiger partial charge on any atom is 0.227 e. The Labute approximate surface area is 239 Å². The van der Waals surface area contributed by atoms with Crippen molar-refractivity contribution < 1.29 is 13.5 Å². The number of nitrogens with one attached hydrogen (secondary N) is 1. The predicted octanol–water partition coefficient (Wildman–Crippen LogP) is 6.61. The number of methoxy groups -OCH3 is 1. The molecule has 0 unspecified atom stereocenters. The zero-order valence-electron chi connectivity index (χ0n) is 22.0. The second-order valence-electron chi connectivity index (χ2n) is 9.73. The van der Waals surface area contributed by atoms with Gasteiger partial charge in [0.1, 0.15) is 17.4 Å². The molecule has 0 spiro atoms. The Hall–Kier alpha value is -4.61. The number of rotatable bonds is 5. The third-order valence-electron chi connectivity index (χ3n) is 7.06. The first-order chi connectivity index (χ1) is 19.6. The number of ether oxygens (including phenoxy) is 1. The summed E-state index contributed by atoms with van der Waals surface area (Å²) in [6, 6.07) is 17.0. The highest BCUT2D eigenvalue weighted by molar-refractivity contribution is 6.17. The average Bonchev–Trinajstić information content (AvgIpc) is 3.43. The molecule has 0 aliphatic carbocycles. The number of hydrogen-bond acceptors (Lipinski definition) is 6. The number of halogens is 2. The predicted molar refractivity (Wildman–Crippen MR) is 159 cm³/mol. The first-order valence-electron chi connectivity index (χ1n) is 13.2. The lowest BCUT2D eigenvalue weighted by Gasteiger charge is -2.14. The number of aromatic nitrogens is 2. The highest BCUT2D eigenvalue weighted by Gasteiger charge is 2.25. The number of hydrogen-bond donors (Lipinski definition) is 1. The van der Waals surface area contributed by atoms with Gasteiger partial charge in [-0.15, -0.1) is 0 Å². The van der Waals surface area contributed by atoms with Crippen molar-refractivity contribution in [2.75, 3.05) is 32.1 Å². The van der Waals surface area contributed by atoms with Crippen LogP contribution in [0.4, 0.5) is 20.4 Å². The van der Waals surface area contributed by atoms with Gasteiger partial charge >= 0.3 is 0 Å². The first kappa shape index (κ1) is 27.9. The molecule has 0 bridgehead atoms. The maximum absolute atomic E-state index is 15.0. The molecule has 3 aromatic carbocycles. The van der Waals surface area contributed by atoms with E-state index in [-0.39, 0.29) is 25.2 Å². The number of nitrogens with zero attached hydrogens (tertiary/aromatic N) is 4. The van der Waals surface area contributed by atoms with E-state index in [2.05, 4.69) is 32.0 Å². The minimum absolute atomic E-state index is 0. The summed E-state index contributed by atoms with van der Waals surface area (Å²) in [4.78, 5) is 16.3. The highest BCUT2D eigenvalue weighted by Crippen LogP contribution is 2.34. The molecule has 6 nitrogen and oxygen atoms in total. The third kappa shape index (κ3) is 5.96. The van der Waals surface area contributed by atoms with Crippen molar-refractivity contribution in [1.29, 1.82) is 0 Å². The van der Waals surface area contributed by atoms with Crippen LogP contribution < -0.4 is 10.1 Å². The molecule has 2 aliphatic heterocycles. The lowest BCUT2D eigenvalue weighted by atomic mass is 9.93. The van der Waals surface area contributed by atoms with Gasteiger partial charge in [-0.2, -0.15) is 0 Å². The second-order valence-corrected chi connectivity index (χ2v) is 9.73. The molecule has 4 aromatic rings. The van der Waals surface area contributed by atoms with E-state index in [1.54, 1.807) is 13.3 Å². The third-order valence-corrected chi connectivity index (χ3v) is 7.06. The van der Waals surface area contributed by atoms with E-state index in [9.17, 15) is 0 Å². The summed E-state index contributed by atoms with van der Waals surface area (Å²) in [5.74, 6) is 6.22. The largest absolute Gasteiger partial charge is 0.497 e. The highest BCUT2D eigenvalue weighted by atomic mass is 19.1. The van der Waals surface area contributed by atoms with Crippen LogP contribution in [0.5, 0.6) is 5.75 Å². The van der Waals surface area contributed by atoms with Crippen LogP contribution >= 0.6 is 0 Å². The molecular formula is C33H31F2N5O. The Bertz CT molecular complexity index is 1650. The maximum atomic E-state index is 15.0. The molecule has 41 heavy (non-hydrogen) atoms. The summed E-state index contributed by atoms with van der Waals surface area (Å²) in [7, 11) is 1.61. The fourth-order valence-corrected chi connectivity index (χ4v) is 5.05. The van der Waals surface area contributed by atoms with Crippen LogP contribution in [0.3, 0.4) is 0 Å². The lowest BCUT2D eigenvalue weighted by Crippen LogP contribution is -2.18. The zero-order valence-corrected chi connectivity index (χ0v) is 22.0. The molecule has 0 saturated carbocycles. The minimum atomic E-state index is -0.673. The summed E-state index contributed by atoms with van der Waals surface area (Å²) < 4.78 is 35.4. The molecule has 1 N–H and O–H groups in total. The normalized spacial score (nSPS) is 14.0. The molecule has 3 heterocycles. The number of fused-ring (bicyclic) bond motifs is 3. The molecule has 1 aromatic heterocycles. The number of anilines is 2. The smallest absolute Gasteiger partial charge is 0.227 e. The molecule has 1 fully saturated rings. The van der Waals surface area contributed by atoms with Gasteiger partial charge in [0.05, 0.1) is 37.2 Å². The van der Waals surface area contributed by atoms with Gasteiger partial charge in [-0.25, -0.2) is 18.7 Å². The molecule has 8 heteroatoms. The SMILES string of the molecule is C.COc1cccc(Nc2ncc3c(n2)-c2ccc(C#CCN4CCCC4)cc2C(c2c(F)cccc2F)=NC3)c1. The first-order valence-corrected chi connectivity index (χ1v) is 13.2. The molecule has 0 radical (unpaired) electrons. The van der Waals surface area contributed by atoms with E-state index in [0.717, 1.165) is 29.9 Å². The van der Waals surface area contributed by atoms with Gasteiger partial charge in [0, 0.05) is 40.2 Å². The standard InChI is InChI=1S/C32H27F2N5O.CH4/c1-40-24-9-4-8-23(18-24)37-32-36-20-22-19-35-31(29-27(33)10-5-11-28(29)34)26-17-21(12-13-25(26)30(22)38-32)7-6-16-39-14-2-3-15-39;/h4-5,8-13,17-18,20H,2-3,14-16,19H2,1H3,(H,36,37,38);1H4. The average molecular weight is 552 g/mol. The van der Waals surface area contributed by atoms with Crippen LogP contribution in [0.15, 0.2) is 71.9 Å². The Balaban J connectivity index is 0.00000337. The van der Waals surface area contributed by atoms with Crippen molar-refractivity contribution in [3.05, 3.63) is 101 Å². The number of aliphatic imine (C=N–C) groups is 1. The van der Waals surface area contributed by atoms with Crippen molar-refractivity contribution in [3.63, 3.8) is 0 Å². The summed E-state index contributed by atoms with van der Waals surface area (Å²) in [6.45, 7) is 2.98. The van der Waals surface area contributed by atoms with E-state index < -0.39 is 11.6 Å². The van der Waals surface area contributed by atoms with Crippen LogP contribution in [-0.4, -0.2) is 47.3 Å². The van der Waals surface area contributed by atoms with Crippen LogP contribution in [0.25, 0.3) is 11.3 Å². The second kappa shape index (κ2) is 12.3. The van der Waals surface area contributed by atoms with Crippen molar-refractivity contribution in [2.24, 2.45) is 4.99 Å². The van der Waals surface area contributed by atoms with Gasteiger partial charge in [0.2, 0.25) is 5.95 Å². The van der Waals surface area contributed by atoms with Crippen LogP contribution in [0, 0.1) is 23.5 Å². The lowest BCUT2D eigenvalue weighted by molar-refractivity contribution is 0.383. The van der Waals surface area contributed by atoms with Crippen LogP contribution in [0.1, 0.15) is 42.5 Å². The van der Waals surface area contributed by atoms with Gasteiger partial charge in [0.15, 0.2) is 0 Å². The van der Waals surface area contributed by atoms with Crippen LogP contribution in [0.2, 0.25) is 0 Å². The van der Waals surface area contributed by atoms with E-state index in [1.807, 2.05) is 42.5 Å². The molecule has 6 rings (SSSR count). The van der Waals surface area contributed by atoms with E-state index in [4.69, 9.17) is 9.72 Å². The number of benzene rings is 3. The molecule has 2 aliphatic rings. The number of likely N-dealkylation sites (tertiary alicyclic amines) is 1. The van der Waals surface area contributed by atoms with Crippen molar-refractivity contribution >= 4 is 17.3 Å². The summed E-state index contributed by atoms with van der Waals surface area (Å²) in [6.07, 6.45) is 4.09. The van der Waals surface area contributed by atoms with E-state index >= 15 is 8.78 Å². The summed E-state index contributed by atoms with van der Waals surface area (Å²) in [5, 5.41) is 3.22. The zero-order chi connectivity index (χ0) is 27.5. The van der Waals surface area contributed by atoms with E-state index in [0.29, 0.717) is 35.1 Å². The Morgan fingerprint density at radius 3 is 2.54 bits per heavy atom. The Kier molecular flexibility index (Phi) is 8.37. The summed E-state index contributed by atoms with van der Waals surface area (Å²) >= 11 is 0. The minimum Gasteiger partial charge on any atom is -0.497 e. The van der Waals surface area contributed by atoms with E-state index in [1.165, 1.54) is 31.0 Å². The van der Waals surface area contributed by atoms with Crippen molar-refractivity contribution in [3.8, 4) is 28.8 Å². The quantitative estimate of drug-likeness (QED) is 0.283. The van der Waals surface area contributed by atoms with Crippen LogP contribution in [-0.2, 0) is 6.54 Å².